The topological polar surface area (TPSA) is 63.3 Å². The third kappa shape index (κ3) is 2.88. The highest BCUT2D eigenvalue weighted by atomic mass is 32.2. The summed E-state index contributed by atoms with van der Waals surface area (Å²) in [5.74, 6) is 0.329. The minimum atomic E-state index is -0.718. The molecule has 1 aliphatic heterocycles. The highest BCUT2D eigenvalue weighted by Crippen LogP contribution is 2.40. The number of hydrogen-bond acceptors (Lipinski definition) is 3. The lowest BCUT2D eigenvalue weighted by Gasteiger charge is -2.37. The lowest BCUT2D eigenvalue weighted by Crippen LogP contribution is -2.38. The van der Waals surface area contributed by atoms with Crippen LogP contribution in [0.1, 0.15) is 26.2 Å². The van der Waals surface area contributed by atoms with E-state index in [1.165, 1.54) is 0 Å². The minimum Gasteiger partial charge on any atom is -0.481 e. The molecule has 0 amide bonds. The Bertz CT molecular complexity index is 198. The van der Waals surface area contributed by atoms with Crippen LogP contribution < -0.4 is 5.73 Å². The van der Waals surface area contributed by atoms with Gasteiger partial charge in [0.2, 0.25) is 0 Å². The molecule has 0 radical (unpaired) electrons. The van der Waals surface area contributed by atoms with Crippen molar-refractivity contribution >= 4 is 17.7 Å². The van der Waals surface area contributed by atoms with Crippen molar-refractivity contribution < 1.29 is 9.90 Å². The first kappa shape index (κ1) is 10.9. The smallest absolute Gasteiger partial charge is 0.303 e. The summed E-state index contributed by atoms with van der Waals surface area (Å²) in [7, 11) is 0. The van der Waals surface area contributed by atoms with Gasteiger partial charge in [0, 0.05) is 5.25 Å². The second-order valence-electron chi connectivity index (χ2n) is 3.91. The Morgan fingerprint density at radius 2 is 2.46 bits per heavy atom. The lowest BCUT2D eigenvalue weighted by molar-refractivity contribution is -0.139. The molecule has 3 nitrogen and oxygen atoms in total. The first-order valence-corrected chi connectivity index (χ1v) is 5.66. The summed E-state index contributed by atoms with van der Waals surface area (Å²) in [5.41, 5.74) is 5.55. The van der Waals surface area contributed by atoms with Gasteiger partial charge < -0.3 is 10.8 Å². The van der Waals surface area contributed by atoms with Gasteiger partial charge in [-0.2, -0.15) is 11.8 Å². The molecule has 1 aliphatic rings. The van der Waals surface area contributed by atoms with Crippen molar-refractivity contribution in [3.05, 3.63) is 0 Å². The third-order valence-corrected chi connectivity index (χ3v) is 3.89. The molecule has 0 spiro atoms. The van der Waals surface area contributed by atoms with Gasteiger partial charge in [-0.25, -0.2) is 0 Å². The second-order valence-corrected chi connectivity index (χ2v) is 5.46. The van der Waals surface area contributed by atoms with Crippen LogP contribution in [0.5, 0.6) is 0 Å². The molecular weight excluding hydrogens is 186 g/mol. The van der Waals surface area contributed by atoms with E-state index in [0.29, 0.717) is 11.8 Å². The van der Waals surface area contributed by atoms with Crippen LogP contribution >= 0.6 is 11.8 Å². The zero-order chi connectivity index (χ0) is 9.90. The molecule has 1 fully saturated rings. The molecule has 3 N–H and O–H groups in total. The summed E-state index contributed by atoms with van der Waals surface area (Å²) in [6.07, 6.45) is 2.12. The molecule has 2 unspecified atom stereocenters. The van der Waals surface area contributed by atoms with Crippen LogP contribution in [0.25, 0.3) is 0 Å². The maximum Gasteiger partial charge on any atom is 0.303 e. The average molecular weight is 203 g/mol. The fourth-order valence-electron chi connectivity index (χ4n) is 1.99. The molecule has 13 heavy (non-hydrogen) atoms. The van der Waals surface area contributed by atoms with Crippen LogP contribution in [0, 0.1) is 5.41 Å². The minimum absolute atomic E-state index is 0.128. The Morgan fingerprint density at radius 3 is 2.92 bits per heavy atom. The first-order valence-electron chi connectivity index (χ1n) is 4.61. The quantitative estimate of drug-likeness (QED) is 0.726. The fraction of sp³-hybridized carbons (Fsp3) is 0.889. The molecular formula is C9H17NO2S. The van der Waals surface area contributed by atoms with E-state index < -0.39 is 5.97 Å². The van der Waals surface area contributed by atoms with Crippen LogP contribution in [0.4, 0.5) is 0 Å². The maximum atomic E-state index is 10.7. The van der Waals surface area contributed by atoms with Crippen molar-refractivity contribution in [1.82, 2.24) is 0 Å². The summed E-state index contributed by atoms with van der Waals surface area (Å²) >= 11 is 1.91. The number of aliphatic carboxylic acids is 1. The highest BCUT2D eigenvalue weighted by Gasteiger charge is 2.35. The molecule has 0 saturated carbocycles. The van der Waals surface area contributed by atoms with E-state index in [-0.39, 0.29) is 11.8 Å². The maximum absolute atomic E-state index is 10.7. The monoisotopic (exact) mass is 203 g/mol. The summed E-state index contributed by atoms with van der Waals surface area (Å²) in [5, 5.41) is 9.34. The predicted molar refractivity (Wildman–Crippen MR) is 54.9 cm³/mol. The molecule has 0 aliphatic carbocycles. The Kier molecular flexibility index (Phi) is 3.62. The van der Waals surface area contributed by atoms with Crippen molar-refractivity contribution in [2.24, 2.45) is 11.1 Å². The van der Waals surface area contributed by atoms with Gasteiger partial charge in [0.15, 0.2) is 0 Å². The van der Waals surface area contributed by atoms with Crippen molar-refractivity contribution in [2.45, 2.75) is 31.4 Å². The van der Waals surface area contributed by atoms with Gasteiger partial charge in [-0.15, -0.1) is 0 Å². The van der Waals surface area contributed by atoms with Gasteiger partial charge in [0.05, 0.1) is 6.42 Å². The van der Waals surface area contributed by atoms with E-state index in [9.17, 15) is 4.79 Å². The van der Waals surface area contributed by atoms with E-state index in [0.717, 1.165) is 18.6 Å². The average Bonchev–Trinajstić information content (AvgIpc) is 2.03. The van der Waals surface area contributed by atoms with E-state index in [1.54, 1.807) is 0 Å². The Morgan fingerprint density at radius 1 is 1.77 bits per heavy atom. The lowest BCUT2D eigenvalue weighted by atomic mass is 9.77. The molecule has 0 aromatic rings. The number of nitrogens with two attached hydrogens (primary N) is 1. The first-order chi connectivity index (χ1) is 6.08. The Hall–Kier alpha value is -0.220. The standard InChI is InChI=1S/C9H17NO2S/c1-7-4-9(6-10,2-3-13-7)5-8(11)12/h7H,2-6,10H2,1H3,(H,11,12). The Labute approximate surface area is 83.1 Å². The van der Waals surface area contributed by atoms with Crippen LogP contribution in [0.2, 0.25) is 0 Å². The molecule has 0 aromatic heterocycles. The van der Waals surface area contributed by atoms with E-state index in [4.69, 9.17) is 10.8 Å². The van der Waals surface area contributed by atoms with Crippen molar-refractivity contribution in [1.29, 1.82) is 0 Å². The molecule has 4 heteroatoms. The SMILES string of the molecule is CC1CC(CN)(CC(=O)O)CCS1. The molecule has 1 heterocycles. The second kappa shape index (κ2) is 4.33. The van der Waals surface area contributed by atoms with E-state index in [1.807, 2.05) is 11.8 Å². The number of thioether (sulfide) groups is 1. The largest absolute Gasteiger partial charge is 0.481 e. The number of carboxylic acid groups (broad SMARTS) is 1. The van der Waals surface area contributed by atoms with Gasteiger partial charge in [-0.05, 0) is 30.6 Å². The third-order valence-electron chi connectivity index (χ3n) is 2.71. The number of rotatable bonds is 3. The number of carboxylic acids is 1. The van der Waals surface area contributed by atoms with Crippen LogP contribution in [0.15, 0.2) is 0 Å². The normalized spacial score (nSPS) is 34.5. The molecule has 2 atom stereocenters. The Balaban J connectivity index is 2.61. The van der Waals surface area contributed by atoms with Crippen LogP contribution in [-0.2, 0) is 4.79 Å². The molecule has 0 aromatic carbocycles. The van der Waals surface area contributed by atoms with E-state index in [2.05, 4.69) is 6.92 Å². The summed E-state index contributed by atoms with van der Waals surface area (Å²) in [6.45, 7) is 2.65. The van der Waals surface area contributed by atoms with Crippen LogP contribution in [-0.4, -0.2) is 28.6 Å². The molecule has 0 bridgehead atoms. The van der Waals surface area contributed by atoms with Gasteiger partial charge in [-0.1, -0.05) is 6.92 Å². The molecule has 1 rings (SSSR count). The van der Waals surface area contributed by atoms with Gasteiger partial charge in [-0.3, -0.25) is 4.79 Å². The number of carbonyl (C=O) groups is 1. The van der Waals surface area contributed by atoms with Crippen molar-refractivity contribution in [3.63, 3.8) is 0 Å². The summed E-state index contributed by atoms with van der Waals surface area (Å²) < 4.78 is 0. The summed E-state index contributed by atoms with van der Waals surface area (Å²) in [6, 6.07) is 0. The molecule has 76 valence electrons. The zero-order valence-corrected chi connectivity index (χ0v) is 8.77. The predicted octanol–water partition coefficient (Wildman–Crippen LogP) is 1.32. The fourth-order valence-corrected chi connectivity index (χ4v) is 3.41. The number of hydrogen-bond donors (Lipinski definition) is 2. The molecule has 1 saturated heterocycles. The van der Waals surface area contributed by atoms with Gasteiger partial charge >= 0.3 is 5.97 Å². The highest BCUT2D eigenvalue weighted by molar-refractivity contribution is 7.99. The van der Waals surface area contributed by atoms with Gasteiger partial charge in [0.1, 0.15) is 0 Å². The van der Waals surface area contributed by atoms with Crippen molar-refractivity contribution in [3.8, 4) is 0 Å². The van der Waals surface area contributed by atoms with Gasteiger partial charge in [0.25, 0.3) is 0 Å². The summed E-state index contributed by atoms with van der Waals surface area (Å²) in [4.78, 5) is 10.7. The van der Waals surface area contributed by atoms with Crippen LogP contribution in [0.3, 0.4) is 0 Å². The zero-order valence-electron chi connectivity index (χ0n) is 7.95. The van der Waals surface area contributed by atoms with E-state index >= 15 is 0 Å². The van der Waals surface area contributed by atoms with Crippen molar-refractivity contribution in [2.75, 3.05) is 12.3 Å².